The molecule has 0 atom stereocenters. The van der Waals surface area contributed by atoms with Crippen molar-refractivity contribution in [3.8, 4) is 0 Å². The molecule has 0 aliphatic carbocycles. The molecule has 6 aromatic rings. The average Bonchev–Trinajstić information content (AvgIpc) is 4.13. The number of hydrogen-bond acceptors (Lipinski definition) is 16. The van der Waals surface area contributed by atoms with E-state index >= 15 is 0 Å². The van der Waals surface area contributed by atoms with Gasteiger partial charge in [-0.1, -0.05) is 94.8 Å². The van der Waals surface area contributed by atoms with Crippen LogP contribution in [0.1, 0.15) is 81.7 Å². The molecule has 4 aromatic carbocycles. The largest absolute Gasteiger partial charge is 1.00 e. The number of aryl methyl sites for hydroxylation is 2. The van der Waals surface area contributed by atoms with Gasteiger partial charge in [-0.3, -0.25) is 4.79 Å². The fourth-order valence-electron chi connectivity index (χ4n) is 9.01. The maximum atomic E-state index is 13.2. The summed E-state index contributed by atoms with van der Waals surface area (Å²) >= 11 is 25.5. The minimum Gasteiger partial charge on any atom is -0.748 e. The van der Waals surface area contributed by atoms with Gasteiger partial charge in [0, 0.05) is 99.5 Å². The summed E-state index contributed by atoms with van der Waals surface area (Å²) in [6.45, 7) is 6.39. The summed E-state index contributed by atoms with van der Waals surface area (Å²) in [5, 5.41) is 8.44. The number of carbonyl (C=O) groups excluding carboxylic acids is 1. The van der Waals surface area contributed by atoms with Crippen LogP contribution in [0, 0.1) is 0 Å². The number of thioether (sulfide) groups is 2. The first kappa shape index (κ1) is 63.6. The van der Waals surface area contributed by atoms with Gasteiger partial charge in [0.2, 0.25) is 16.9 Å². The Morgan fingerprint density at radius 3 is 1.62 bits per heavy atom. The van der Waals surface area contributed by atoms with Crippen LogP contribution in [-0.2, 0) is 48.2 Å². The number of benzene rings is 4. The normalized spacial score (nSPS) is 15.2. The van der Waals surface area contributed by atoms with Crippen LogP contribution in [0.25, 0.3) is 32.6 Å². The average molecular weight is 1280 g/mol. The zero-order valence-corrected chi connectivity index (χ0v) is 53.4. The quantitative estimate of drug-likeness (QED) is 0.0246. The summed E-state index contributed by atoms with van der Waals surface area (Å²) < 4.78 is 110. The van der Waals surface area contributed by atoms with E-state index in [0.717, 1.165) is 70.4 Å². The third kappa shape index (κ3) is 17.3. The van der Waals surface area contributed by atoms with Gasteiger partial charge < -0.3 is 28.8 Å². The summed E-state index contributed by atoms with van der Waals surface area (Å²) in [5.74, 6) is -1.07. The number of hydrogen-bond donors (Lipinski definition) is 1. The van der Waals surface area contributed by atoms with Crippen LogP contribution < -0.4 is 53.8 Å². The number of allylic oxidation sites excluding steroid dienone is 4. The predicted octanol–water partition coefficient (Wildman–Crippen LogP) is 8.69. The Morgan fingerprint density at radius 1 is 0.608 bits per heavy atom. The number of rotatable bonds is 25. The van der Waals surface area contributed by atoms with Crippen LogP contribution >= 0.6 is 81.0 Å². The Hall–Kier alpha value is -3.01. The second kappa shape index (κ2) is 28.0. The van der Waals surface area contributed by atoms with E-state index in [-0.39, 0.29) is 59.7 Å². The number of unbranched alkanes of at least 4 members (excludes halogenated alkanes) is 2. The smallest absolute Gasteiger partial charge is 0.748 e. The molecule has 0 unspecified atom stereocenters. The van der Waals surface area contributed by atoms with E-state index in [4.69, 9.17) is 34.8 Å². The maximum absolute atomic E-state index is 13.2. The first-order valence-electron chi connectivity index (χ1n) is 25.1. The number of anilines is 2. The summed E-state index contributed by atoms with van der Waals surface area (Å²) in [7, 11) is -13.6. The zero-order chi connectivity index (χ0) is 55.9. The SMILES string of the molecule is CCC(=Cc1sc2cc(S(=O)(=O)[O-])ccc2[n+]1CCCS(=O)(=O)[O-])C=C1Sc2ccc(Cl)cc2N1CCCCC(=O)NCCCCN1C(=CC(=Cc2sc3ccc(Cl)cc3[n+]2CCCS(=O)(=O)[O-])CC)Sc2ccc(Cl)cc21.[Na+]. The predicted molar refractivity (Wildman–Crippen MR) is 313 cm³/mol. The summed E-state index contributed by atoms with van der Waals surface area (Å²) in [4.78, 5) is 19.4. The maximum Gasteiger partial charge on any atom is 1.00 e. The first-order chi connectivity index (χ1) is 37.0. The number of nitrogens with one attached hydrogen (secondary N) is 1. The van der Waals surface area contributed by atoms with Crippen LogP contribution in [-0.4, -0.2) is 76.0 Å². The molecular weight excluding hydrogens is 1220 g/mol. The molecule has 0 fully saturated rings. The molecule has 0 bridgehead atoms. The molecule has 1 amide bonds. The Balaban J connectivity index is 0.00000903. The molecule has 4 heterocycles. The van der Waals surface area contributed by atoms with E-state index in [1.165, 1.54) is 29.5 Å². The fraction of sp³-hybridized carbons (Fsp3) is 0.340. The monoisotopic (exact) mass is 1270 g/mol. The van der Waals surface area contributed by atoms with E-state index in [2.05, 4.69) is 40.3 Å². The number of amides is 1. The van der Waals surface area contributed by atoms with Gasteiger partial charge in [0.25, 0.3) is 10.0 Å². The van der Waals surface area contributed by atoms with Crippen molar-refractivity contribution in [2.75, 3.05) is 40.9 Å². The number of aromatic nitrogens is 2. The van der Waals surface area contributed by atoms with Gasteiger partial charge >= 0.3 is 29.6 Å². The van der Waals surface area contributed by atoms with Crippen LogP contribution in [0.3, 0.4) is 0 Å². The summed E-state index contributed by atoms with van der Waals surface area (Å²) in [6.07, 6.45) is 13.0. The Morgan fingerprint density at radius 2 is 1.10 bits per heavy atom. The molecule has 0 saturated heterocycles. The molecule has 2 aliphatic heterocycles. The van der Waals surface area contributed by atoms with E-state index < -0.39 is 41.9 Å². The van der Waals surface area contributed by atoms with Crippen LogP contribution in [0.5, 0.6) is 0 Å². The van der Waals surface area contributed by atoms with Crippen LogP contribution in [0.2, 0.25) is 15.1 Å². The van der Waals surface area contributed by atoms with Gasteiger partial charge in [-0.05, 0) is 122 Å². The van der Waals surface area contributed by atoms with Gasteiger partial charge in [-0.15, -0.1) is 0 Å². The van der Waals surface area contributed by atoms with Crippen molar-refractivity contribution in [3.63, 3.8) is 0 Å². The molecule has 0 saturated carbocycles. The molecule has 1 N–H and O–H groups in total. The number of nitrogens with zero attached hydrogens (tertiary/aromatic N) is 4. The van der Waals surface area contributed by atoms with E-state index in [0.29, 0.717) is 88.6 Å². The van der Waals surface area contributed by atoms with Crippen molar-refractivity contribution in [3.05, 3.63) is 131 Å². The van der Waals surface area contributed by atoms with Crippen LogP contribution in [0.15, 0.2) is 121 Å². The number of halogens is 3. The minimum atomic E-state index is -4.73. The third-order valence-electron chi connectivity index (χ3n) is 12.8. The van der Waals surface area contributed by atoms with Crippen molar-refractivity contribution < 1.29 is 82.4 Å². The fourth-order valence-corrected chi connectivity index (χ4v) is 15.7. The number of thiazole rings is 2. The summed E-state index contributed by atoms with van der Waals surface area (Å²) in [6, 6.07) is 21.3. The first-order valence-corrected chi connectivity index (χ1v) is 34.0. The van der Waals surface area contributed by atoms with Gasteiger partial charge in [-0.2, -0.15) is 9.13 Å². The zero-order valence-electron chi connectivity index (χ0n) is 43.4. The molecule has 8 rings (SSSR count). The Kier molecular flexibility index (Phi) is 22.6. The van der Waals surface area contributed by atoms with Crippen molar-refractivity contribution in [2.45, 2.75) is 99.4 Å². The van der Waals surface area contributed by atoms with Gasteiger partial charge in [-0.25, -0.2) is 25.3 Å². The third-order valence-corrected chi connectivity index (χ3v) is 20.4. The molecule has 2 aromatic heterocycles. The number of fused-ring (bicyclic) bond motifs is 4. The standard InChI is InChI=1S/C53H56Cl3N5O10S7.Na/c1-3-35(27-50-58(23-9-25-76(63,64)65)41-16-15-40(78(69,70)71)34-48(41)75-50)28-51-59(42-31-37(54)12-17-45(42)72-51)21-7-5-11-49(62)57-20-6-8-22-60-43-32-38(55)13-18-46(43)73-52(60)29-36(4-2)30-53-61(24-10-26-77(66,67)68)44-33-39(56)14-19-47(44)74-53;/h12-19,27-34H,3-11,20-26H2,1-2H3,(H2-2,57,62,63,64,65,66,67,68,69,70,71);/q;+1/p-1. The van der Waals surface area contributed by atoms with E-state index in [1.54, 1.807) is 34.9 Å². The Bertz CT molecular complexity index is 3740. The molecule has 15 nitrogen and oxygen atoms in total. The van der Waals surface area contributed by atoms with Crippen molar-refractivity contribution in [2.24, 2.45) is 0 Å². The van der Waals surface area contributed by atoms with Crippen molar-refractivity contribution in [1.29, 1.82) is 0 Å². The van der Waals surface area contributed by atoms with Crippen LogP contribution in [0.4, 0.5) is 11.4 Å². The molecule has 0 radical (unpaired) electrons. The van der Waals surface area contributed by atoms with Crippen molar-refractivity contribution >= 4 is 161 Å². The minimum absolute atomic E-state index is 0. The van der Waals surface area contributed by atoms with E-state index in [9.17, 15) is 43.7 Å². The van der Waals surface area contributed by atoms with Gasteiger partial charge in [0.15, 0.2) is 13.1 Å². The van der Waals surface area contributed by atoms with Gasteiger partial charge in [0.05, 0.1) is 46.6 Å². The molecule has 26 heteroatoms. The van der Waals surface area contributed by atoms with Gasteiger partial charge in [0.1, 0.15) is 19.5 Å². The van der Waals surface area contributed by atoms with E-state index in [1.807, 2.05) is 76.7 Å². The Labute approximate surface area is 515 Å². The molecule has 79 heavy (non-hydrogen) atoms. The second-order valence-corrected chi connectivity index (χ2v) is 28.5. The second-order valence-electron chi connectivity index (χ2n) is 18.5. The topological polar surface area (TPSA) is 215 Å². The van der Waals surface area contributed by atoms with Crippen molar-refractivity contribution in [1.82, 2.24) is 5.32 Å². The summed E-state index contributed by atoms with van der Waals surface area (Å²) in [5.41, 5.74) is 5.39. The number of carbonyl (C=O) groups is 1. The molecule has 0 spiro atoms. The molecular formula is C53H55Cl3N5NaO10S7. The molecule has 2 aliphatic rings. The molecule has 416 valence electrons.